The van der Waals surface area contributed by atoms with Gasteiger partial charge in [-0.05, 0) is 46.6 Å². The van der Waals surface area contributed by atoms with Crippen LogP contribution in [0.1, 0.15) is 5.56 Å². The van der Waals surface area contributed by atoms with Gasteiger partial charge in [-0.1, -0.05) is 11.6 Å². The Bertz CT molecular complexity index is 858. The molecule has 1 nitrogen and oxygen atoms in total. The minimum absolute atomic E-state index is 0.0549. The molecule has 0 saturated carbocycles. The first-order valence-electron chi connectivity index (χ1n) is 7.03. The molecule has 27 heavy (non-hydrogen) atoms. The van der Waals surface area contributed by atoms with Gasteiger partial charge in [0.05, 0.1) is 5.75 Å². The average Bonchev–Trinajstić information content (AvgIpc) is 2.53. The first-order chi connectivity index (χ1) is 12.4. The molecule has 0 amide bonds. The van der Waals surface area contributed by atoms with Gasteiger partial charge < -0.3 is 4.74 Å². The molecule has 0 aliphatic carbocycles. The van der Waals surface area contributed by atoms with E-state index in [4.69, 9.17) is 11.6 Å². The fourth-order valence-electron chi connectivity index (χ4n) is 2.14. The second-order valence-electron chi connectivity index (χ2n) is 5.24. The number of ether oxygens (including phenoxy) is 1. The van der Waals surface area contributed by atoms with Crippen LogP contribution < -0.4 is 4.74 Å². The summed E-state index contributed by atoms with van der Waals surface area (Å²) in [4.78, 5) is 0.0607. The van der Waals surface area contributed by atoms with Crippen molar-refractivity contribution >= 4 is 39.3 Å². The second kappa shape index (κ2) is 8.48. The van der Waals surface area contributed by atoms with E-state index in [-0.39, 0.29) is 14.9 Å². The third-order valence-corrected chi connectivity index (χ3v) is 5.72. The molecule has 11 heteroatoms. The van der Waals surface area contributed by atoms with Crippen LogP contribution in [-0.2, 0) is 0 Å². The van der Waals surface area contributed by atoms with E-state index in [1.54, 1.807) is 0 Å². The number of hydrogen-bond acceptors (Lipinski definition) is 2. The summed E-state index contributed by atoms with van der Waals surface area (Å²) >= 11 is 9.06. The largest absolute Gasteiger partial charge is 0.430 e. The number of alkyl halides is 5. The SMILES string of the molecule is Cc1cc(F)c(-c2cc(Br)c(Cl)c(OC(F)F)c2F)cc1SCC(F)(F)F. The van der Waals surface area contributed by atoms with E-state index in [9.17, 15) is 30.7 Å². The van der Waals surface area contributed by atoms with E-state index in [0.717, 1.165) is 18.2 Å². The number of benzene rings is 2. The van der Waals surface area contributed by atoms with E-state index >= 15 is 0 Å². The summed E-state index contributed by atoms with van der Waals surface area (Å²) in [5.41, 5.74) is -0.699. The minimum Gasteiger partial charge on any atom is -0.430 e. The van der Waals surface area contributed by atoms with Gasteiger partial charge >= 0.3 is 12.8 Å². The number of halogens is 9. The van der Waals surface area contributed by atoms with Crippen LogP contribution >= 0.6 is 39.3 Å². The van der Waals surface area contributed by atoms with Crippen molar-refractivity contribution in [2.75, 3.05) is 5.75 Å². The van der Waals surface area contributed by atoms with Crippen LogP contribution in [0.3, 0.4) is 0 Å². The van der Waals surface area contributed by atoms with Crippen LogP contribution in [0.5, 0.6) is 5.75 Å². The predicted octanol–water partition coefficient (Wildman–Crippen LogP) is 7.61. The highest BCUT2D eigenvalue weighted by Crippen LogP contribution is 2.43. The van der Waals surface area contributed by atoms with E-state index in [1.165, 1.54) is 6.92 Å². The Labute approximate surface area is 167 Å². The van der Waals surface area contributed by atoms with Crippen LogP contribution in [-0.4, -0.2) is 18.5 Å². The zero-order valence-corrected chi connectivity index (χ0v) is 16.4. The normalized spacial score (nSPS) is 12.0. The maximum absolute atomic E-state index is 14.6. The van der Waals surface area contributed by atoms with Crippen LogP contribution in [0.25, 0.3) is 11.1 Å². The van der Waals surface area contributed by atoms with Crippen molar-refractivity contribution in [1.29, 1.82) is 0 Å². The predicted molar refractivity (Wildman–Crippen MR) is 92.7 cm³/mol. The molecule has 0 saturated heterocycles. The Kier molecular flexibility index (Phi) is 6.96. The maximum atomic E-state index is 14.6. The Morgan fingerprint density at radius 1 is 1.15 bits per heavy atom. The molecule has 148 valence electrons. The van der Waals surface area contributed by atoms with Gasteiger partial charge in [0.2, 0.25) is 0 Å². The summed E-state index contributed by atoms with van der Waals surface area (Å²) in [6, 6.07) is 2.98. The number of thioether (sulfide) groups is 1. The van der Waals surface area contributed by atoms with E-state index in [2.05, 4.69) is 20.7 Å². The van der Waals surface area contributed by atoms with Gasteiger partial charge in [-0.2, -0.15) is 22.0 Å². The Morgan fingerprint density at radius 2 is 1.78 bits per heavy atom. The van der Waals surface area contributed by atoms with Crippen molar-refractivity contribution < 1.29 is 35.5 Å². The molecule has 0 fully saturated rings. The van der Waals surface area contributed by atoms with Crippen molar-refractivity contribution in [2.45, 2.75) is 24.6 Å². The summed E-state index contributed by atoms with van der Waals surface area (Å²) < 4.78 is 95.4. The standard InChI is InChI=1S/C16H9BrClF7OS/c1-6-2-10(19)7(4-11(6)27-5-16(23,24)25)8-3-9(17)12(18)14(13(8)20)26-15(21)22/h2-4,15H,5H2,1H3. The van der Waals surface area contributed by atoms with Crippen LogP contribution in [0.2, 0.25) is 5.02 Å². The maximum Gasteiger partial charge on any atom is 0.398 e. The Hall–Kier alpha value is -1.13. The van der Waals surface area contributed by atoms with Gasteiger partial charge in [0.25, 0.3) is 0 Å². The fraction of sp³-hybridized carbons (Fsp3) is 0.250. The quantitative estimate of drug-likeness (QED) is 0.239. The zero-order valence-electron chi connectivity index (χ0n) is 13.2. The number of rotatable bonds is 5. The first kappa shape index (κ1) is 22.2. The van der Waals surface area contributed by atoms with Crippen LogP contribution in [0.15, 0.2) is 27.6 Å². The van der Waals surface area contributed by atoms with Crippen LogP contribution in [0.4, 0.5) is 30.7 Å². The number of aryl methyl sites for hydroxylation is 1. The van der Waals surface area contributed by atoms with E-state index in [1.807, 2.05) is 0 Å². The Morgan fingerprint density at radius 3 is 2.33 bits per heavy atom. The molecule has 0 heterocycles. The molecule has 0 atom stereocenters. The summed E-state index contributed by atoms with van der Waals surface area (Å²) in [6.07, 6.45) is -4.46. The third-order valence-electron chi connectivity index (χ3n) is 3.27. The molecule has 0 aliphatic heterocycles. The summed E-state index contributed by atoms with van der Waals surface area (Å²) in [7, 11) is 0. The Balaban J connectivity index is 2.59. The van der Waals surface area contributed by atoms with Gasteiger partial charge in [-0.3, -0.25) is 0 Å². The van der Waals surface area contributed by atoms with Gasteiger partial charge in [0, 0.05) is 20.5 Å². The van der Waals surface area contributed by atoms with E-state index in [0.29, 0.717) is 11.8 Å². The fourth-order valence-corrected chi connectivity index (χ4v) is 3.54. The lowest BCUT2D eigenvalue weighted by molar-refractivity contribution is -0.105. The first-order valence-corrected chi connectivity index (χ1v) is 9.18. The van der Waals surface area contributed by atoms with Gasteiger partial charge in [-0.15, -0.1) is 11.8 Å². The molecule has 0 N–H and O–H groups in total. The summed E-state index contributed by atoms with van der Waals surface area (Å²) in [6.45, 7) is -2.00. The van der Waals surface area contributed by atoms with Crippen molar-refractivity contribution in [3.63, 3.8) is 0 Å². The topological polar surface area (TPSA) is 9.23 Å². The second-order valence-corrected chi connectivity index (χ2v) is 7.49. The lowest BCUT2D eigenvalue weighted by Crippen LogP contribution is -2.10. The van der Waals surface area contributed by atoms with Crippen molar-refractivity contribution in [1.82, 2.24) is 0 Å². The molecule has 2 aromatic rings. The molecule has 0 aromatic heterocycles. The summed E-state index contributed by atoms with van der Waals surface area (Å²) in [5, 5.41) is -0.490. The molecule has 0 aliphatic rings. The molecule has 2 rings (SSSR count). The lowest BCUT2D eigenvalue weighted by atomic mass is 10.0. The average molecular weight is 498 g/mol. The zero-order chi connectivity index (χ0) is 20.5. The minimum atomic E-state index is -4.46. The van der Waals surface area contributed by atoms with Gasteiger partial charge in [0.1, 0.15) is 10.8 Å². The molecular weight excluding hydrogens is 489 g/mol. The highest BCUT2D eigenvalue weighted by Gasteiger charge is 2.28. The van der Waals surface area contributed by atoms with Gasteiger partial charge in [0.15, 0.2) is 11.6 Å². The highest BCUT2D eigenvalue weighted by molar-refractivity contribution is 9.10. The third kappa shape index (κ3) is 5.45. The monoisotopic (exact) mass is 496 g/mol. The van der Waals surface area contributed by atoms with Gasteiger partial charge in [-0.25, -0.2) is 8.78 Å². The van der Waals surface area contributed by atoms with E-state index < -0.39 is 52.1 Å². The van der Waals surface area contributed by atoms with Crippen molar-refractivity contribution in [2.24, 2.45) is 0 Å². The summed E-state index contributed by atoms with van der Waals surface area (Å²) in [5.74, 6) is -4.54. The lowest BCUT2D eigenvalue weighted by Gasteiger charge is -2.15. The van der Waals surface area contributed by atoms with Crippen LogP contribution in [0, 0.1) is 18.6 Å². The molecule has 0 radical (unpaired) electrons. The molecule has 0 unspecified atom stereocenters. The molecular formula is C16H9BrClF7OS. The van der Waals surface area contributed by atoms with Crippen molar-refractivity contribution in [3.05, 3.63) is 44.9 Å². The highest BCUT2D eigenvalue weighted by atomic mass is 79.9. The van der Waals surface area contributed by atoms with Crippen molar-refractivity contribution in [3.8, 4) is 16.9 Å². The molecule has 0 bridgehead atoms. The smallest absolute Gasteiger partial charge is 0.398 e. The number of hydrogen-bond donors (Lipinski definition) is 0. The molecule has 2 aromatic carbocycles. The molecule has 0 spiro atoms.